The molecule has 7 heteroatoms. The minimum absolute atomic E-state index is 0.637. The summed E-state index contributed by atoms with van der Waals surface area (Å²) in [5, 5.41) is 3.85. The Morgan fingerprint density at radius 1 is 1.22 bits per heavy atom. The molecule has 122 valence electrons. The van der Waals surface area contributed by atoms with Gasteiger partial charge < -0.3 is 15.5 Å². The second kappa shape index (κ2) is 7.66. The van der Waals surface area contributed by atoms with E-state index in [1.165, 1.54) is 5.56 Å². The Balaban J connectivity index is 1.47. The van der Waals surface area contributed by atoms with Crippen molar-refractivity contribution in [1.82, 2.24) is 9.88 Å². The van der Waals surface area contributed by atoms with Crippen molar-refractivity contribution in [1.29, 1.82) is 0 Å². The van der Waals surface area contributed by atoms with Crippen LogP contribution in [0.4, 0.5) is 5.13 Å². The SMILES string of the molecule is NC(=NCCc1ccc(Cl)cc1)N1CCN(c2nccs2)CC1. The Labute approximate surface area is 145 Å². The van der Waals surface area contributed by atoms with Crippen molar-refractivity contribution in [3.63, 3.8) is 0 Å². The number of hydrogen-bond acceptors (Lipinski definition) is 4. The number of aromatic nitrogens is 1. The highest BCUT2D eigenvalue weighted by Gasteiger charge is 2.19. The maximum Gasteiger partial charge on any atom is 0.191 e. The summed E-state index contributed by atoms with van der Waals surface area (Å²) in [5.41, 5.74) is 7.35. The lowest BCUT2D eigenvalue weighted by Crippen LogP contribution is -2.51. The highest BCUT2D eigenvalue weighted by Crippen LogP contribution is 2.18. The third kappa shape index (κ3) is 4.36. The van der Waals surface area contributed by atoms with Gasteiger partial charge in [-0.1, -0.05) is 23.7 Å². The van der Waals surface area contributed by atoms with Crippen LogP contribution in [0.1, 0.15) is 5.56 Å². The van der Waals surface area contributed by atoms with Crippen LogP contribution >= 0.6 is 22.9 Å². The van der Waals surface area contributed by atoms with Crippen LogP contribution in [0.25, 0.3) is 0 Å². The summed E-state index contributed by atoms with van der Waals surface area (Å²) in [5.74, 6) is 0.637. The molecule has 2 heterocycles. The monoisotopic (exact) mass is 349 g/mol. The van der Waals surface area contributed by atoms with Crippen molar-refractivity contribution in [3.05, 3.63) is 46.4 Å². The van der Waals surface area contributed by atoms with Crippen LogP contribution in [0.3, 0.4) is 0 Å². The summed E-state index contributed by atoms with van der Waals surface area (Å²) >= 11 is 7.56. The predicted molar refractivity (Wildman–Crippen MR) is 97.5 cm³/mol. The van der Waals surface area contributed by atoms with Gasteiger partial charge in [0.2, 0.25) is 0 Å². The molecule has 23 heavy (non-hydrogen) atoms. The van der Waals surface area contributed by atoms with Crippen LogP contribution in [-0.4, -0.2) is 48.6 Å². The fourth-order valence-electron chi connectivity index (χ4n) is 2.55. The zero-order valence-corrected chi connectivity index (χ0v) is 14.4. The van der Waals surface area contributed by atoms with E-state index in [9.17, 15) is 0 Å². The summed E-state index contributed by atoms with van der Waals surface area (Å²) in [6.45, 7) is 4.33. The van der Waals surface area contributed by atoms with Gasteiger partial charge in [0, 0.05) is 49.3 Å². The molecule has 1 fully saturated rings. The molecule has 0 amide bonds. The Bertz CT molecular complexity index is 633. The standard InChI is InChI=1S/C16H20ClN5S/c17-14-3-1-13(2-4-14)5-6-19-15(18)21-8-10-22(11-9-21)16-20-7-12-23-16/h1-4,7,12H,5-6,8-11H2,(H2,18,19). The number of nitrogens with two attached hydrogens (primary N) is 1. The molecule has 0 bridgehead atoms. The van der Waals surface area contributed by atoms with Crippen LogP contribution < -0.4 is 10.6 Å². The van der Waals surface area contributed by atoms with Gasteiger partial charge in [-0.05, 0) is 24.1 Å². The van der Waals surface area contributed by atoms with Crippen LogP contribution in [0, 0.1) is 0 Å². The number of aliphatic imine (C=N–C) groups is 1. The van der Waals surface area contributed by atoms with Gasteiger partial charge in [0.05, 0.1) is 0 Å². The van der Waals surface area contributed by atoms with E-state index in [1.807, 2.05) is 35.8 Å². The summed E-state index contributed by atoms with van der Waals surface area (Å²) in [6.07, 6.45) is 2.72. The molecule has 0 spiro atoms. The van der Waals surface area contributed by atoms with E-state index in [0.717, 1.165) is 42.8 Å². The van der Waals surface area contributed by atoms with Crippen molar-refractivity contribution in [2.45, 2.75) is 6.42 Å². The Morgan fingerprint density at radius 2 is 1.96 bits per heavy atom. The summed E-state index contributed by atoms with van der Waals surface area (Å²) in [6, 6.07) is 7.87. The molecule has 1 aliphatic heterocycles. The first-order valence-corrected chi connectivity index (χ1v) is 8.92. The van der Waals surface area contributed by atoms with E-state index in [2.05, 4.69) is 19.8 Å². The van der Waals surface area contributed by atoms with Crippen molar-refractivity contribution in [3.8, 4) is 0 Å². The lowest BCUT2D eigenvalue weighted by atomic mass is 10.1. The minimum Gasteiger partial charge on any atom is -0.370 e. The smallest absolute Gasteiger partial charge is 0.191 e. The third-order valence-electron chi connectivity index (χ3n) is 3.88. The first kappa shape index (κ1) is 16.1. The number of guanidine groups is 1. The van der Waals surface area contributed by atoms with E-state index in [4.69, 9.17) is 17.3 Å². The first-order chi connectivity index (χ1) is 11.2. The predicted octanol–water partition coefficient (Wildman–Crippen LogP) is 2.48. The average molecular weight is 350 g/mol. The van der Waals surface area contributed by atoms with Crippen molar-refractivity contribution >= 4 is 34.0 Å². The Kier molecular flexibility index (Phi) is 5.35. The molecule has 5 nitrogen and oxygen atoms in total. The molecule has 0 aliphatic carbocycles. The number of nitrogens with zero attached hydrogens (tertiary/aromatic N) is 4. The van der Waals surface area contributed by atoms with Crippen LogP contribution in [0.2, 0.25) is 5.02 Å². The molecule has 2 aromatic rings. The van der Waals surface area contributed by atoms with E-state index < -0.39 is 0 Å². The summed E-state index contributed by atoms with van der Waals surface area (Å²) in [4.78, 5) is 13.3. The fraction of sp³-hybridized carbons (Fsp3) is 0.375. The van der Waals surface area contributed by atoms with Crippen molar-refractivity contribution in [2.24, 2.45) is 10.7 Å². The molecule has 3 rings (SSSR count). The molecule has 1 aliphatic rings. The average Bonchev–Trinajstić information content (AvgIpc) is 3.11. The highest BCUT2D eigenvalue weighted by atomic mass is 35.5. The van der Waals surface area contributed by atoms with E-state index >= 15 is 0 Å². The maximum atomic E-state index is 6.12. The minimum atomic E-state index is 0.637. The highest BCUT2D eigenvalue weighted by molar-refractivity contribution is 7.13. The van der Waals surface area contributed by atoms with Gasteiger partial charge in [-0.25, -0.2) is 4.98 Å². The molecule has 0 saturated carbocycles. The van der Waals surface area contributed by atoms with E-state index in [0.29, 0.717) is 12.5 Å². The third-order valence-corrected chi connectivity index (χ3v) is 4.97. The number of halogens is 1. The number of thiazole rings is 1. The number of piperazine rings is 1. The van der Waals surface area contributed by atoms with Crippen molar-refractivity contribution < 1.29 is 0 Å². The molecule has 1 saturated heterocycles. The number of hydrogen-bond donors (Lipinski definition) is 1. The van der Waals surface area contributed by atoms with Gasteiger partial charge in [-0.3, -0.25) is 4.99 Å². The van der Waals surface area contributed by atoms with Gasteiger partial charge >= 0.3 is 0 Å². The van der Waals surface area contributed by atoms with Crippen molar-refractivity contribution in [2.75, 3.05) is 37.6 Å². The molecule has 0 radical (unpaired) electrons. The lowest BCUT2D eigenvalue weighted by molar-refractivity contribution is 0.380. The van der Waals surface area contributed by atoms with Crippen LogP contribution in [0.5, 0.6) is 0 Å². The number of benzene rings is 1. The Morgan fingerprint density at radius 3 is 2.61 bits per heavy atom. The Hall–Kier alpha value is -1.79. The topological polar surface area (TPSA) is 57.8 Å². The van der Waals surface area contributed by atoms with Gasteiger partial charge in [0.15, 0.2) is 11.1 Å². The molecule has 2 N–H and O–H groups in total. The normalized spacial score (nSPS) is 16.0. The molecule has 1 aromatic heterocycles. The molecular formula is C16H20ClN5S. The largest absolute Gasteiger partial charge is 0.370 e. The number of rotatable bonds is 4. The summed E-state index contributed by atoms with van der Waals surface area (Å²) < 4.78 is 0. The lowest BCUT2D eigenvalue weighted by Gasteiger charge is -2.35. The van der Waals surface area contributed by atoms with E-state index in [1.54, 1.807) is 11.3 Å². The molecule has 0 atom stereocenters. The maximum absolute atomic E-state index is 6.12. The van der Waals surface area contributed by atoms with Crippen LogP contribution in [0.15, 0.2) is 40.8 Å². The van der Waals surface area contributed by atoms with Gasteiger partial charge in [0.1, 0.15) is 0 Å². The van der Waals surface area contributed by atoms with Gasteiger partial charge in [0.25, 0.3) is 0 Å². The van der Waals surface area contributed by atoms with Gasteiger partial charge in [-0.15, -0.1) is 11.3 Å². The second-order valence-corrected chi connectivity index (χ2v) is 6.71. The molecular weight excluding hydrogens is 330 g/mol. The quantitative estimate of drug-likeness (QED) is 0.680. The zero-order valence-electron chi connectivity index (χ0n) is 12.9. The second-order valence-electron chi connectivity index (χ2n) is 5.41. The zero-order chi connectivity index (χ0) is 16.1. The van der Waals surface area contributed by atoms with Gasteiger partial charge in [-0.2, -0.15) is 0 Å². The first-order valence-electron chi connectivity index (χ1n) is 7.66. The molecule has 0 unspecified atom stereocenters. The fourth-order valence-corrected chi connectivity index (χ4v) is 3.37. The van der Waals surface area contributed by atoms with E-state index in [-0.39, 0.29) is 0 Å². The molecule has 1 aromatic carbocycles. The summed E-state index contributed by atoms with van der Waals surface area (Å²) in [7, 11) is 0. The number of anilines is 1. The van der Waals surface area contributed by atoms with Crippen LogP contribution in [-0.2, 0) is 6.42 Å².